The van der Waals surface area contributed by atoms with Gasteiger partial charge in [0.2, 0.25) is 0 Å². The number of benzene rings is 1. The van der Waals surface area contributed by atoms with Gasteiger partial charge in [-0.25, -0.2) is 4.98 Å². The van der Waals surface area contributed by atoms with Crippen LogP contribution in [0.15, 0.2) is 24.4 Å². The molecule has 0 amide bonds. The summed E-state index contributed by atoms with van der Waals surface area (Å²) in [6.07, 6.45) is 3.75. The minimum atomic E-state index is -3.67. The molecule has 0 unspecified atom stereocenters. The molecule has 0 saturated heterocycles. The van der Waals surface area contributed by atoms with E-state index in [9.17, 15) is 8.42 Å². The number of hydrogen-bond acceptors (Lipinski definition) is 4. The van der Waals surface area contributed by atoms with Crippen molar-refractivity contribution in [1.29, 1.82) is 0 Å². The number of ether oxygens (including phenoxy) is 1. The van der Waals surface area contributed by atoms with Crippen molar-refractivity contribution in [3.8, 4) is 17.1 Å². The molecule has 0 saturated carbocycles. The van der Waals surface area contributed by atoms with Crippen LogP contribution in [0.5, 0.6) is 5.75 Å². The summed E-state index contributed by atoms with van der Waals surface area (Å²) in [5.41, 5.74) is 5.18. The molecule has 0 spiro atoms. The van der Waals surface area contributed by atoms with Crippen molar-refractivity contribution in [2.24, 2.45) is 7.05 Å². The summed E-state index contributed by atoms with van der Waals surface area (Å²) in [6.45, 7) is 3.07. The van der Waals surface area contributed by atoms with E-state index in [1.165, 1.54) is 27.9 Å². The van der Waals surface area contributed by atoms with E-state index in [0.717, 1.165) is 24.5 Å². The molecule has 1 aliphatic rings. The van der Waals surface area contributed by atoms with E-state index in [0.29, 0.717) is 6.26 Å². The SMILES string of the molecule is COc1ccc2c(c1)c1c(n2C)-c2cnc(C)n2CC1.CS(=O)(=O)O. The number of imidazole rings is 1. The van der Waals surface area contributed by atoms with Crippen LogP contribution >= 0.6 is 0 Å². The molecule has 7 nitrogen and oxygen atoms in total. The first-order valence-corrected chi connectivity index (χ1v) is 9.65. The summed E-state index contributed by atoms with van der Waals surface area (Å²) in [4.78, 5) is 4.47. The van der Waals surface area contributed by atoms with Gasteiger partial charge in [-0.05, 0) is 37.1 Å². The Morgan fingerprint density at radius 2 is 2.00 bits per heavy atom. The number of hydrogen-bond donors (Lipinski definition) is 1. The van der Waals surface area contributed by atoms with Crippen LogP contribution in [-0.2, 0) is 30.1 Å². The molecule has 3 aromatic rings. The average Bonchev–Trinajstić information content (AvgIpc) is 3.05. The monoisotopic (exact) mass is 363 g/mol. The maximum absolute atomic E-state index is 9.19. The van der Waals surface area contributed by atoms with Gasteiger partial charge in [0.05, 0.1) is 31.0 Å². The lowest BCUT2D eigenvalue weighted by Crippen LogP contribution is -2.12. The zero-order valence-electron chi connectivity index (χ0n) is 14.6. The second-order valence-electron chi connectivity index (χ2n) is 6.09. The van der Waals surface area contributed by atoms with Gasteiger partial charge < -0.3 is 13.9 Å². The van der Waals surface area contributed by atoms with E-state index < -0.39 is 10.1 Å². The Morgan fingerprint density at radius 1 is 1.32 bits per heavy atom. The Hall–Kier alpha value is -2.32. The largest absolute Gasteiger partial charge is 0.497 e. The van der Waals surface area contributed by atoms with E-state index in [1.807, 2.05) is 12.3 Å². The molecular weight excluding hydrogens is 342 g/mol. The Bertz CT molecular complexity index is 1040. The van der Waals surface area contributed by atoms with Crippen LogP contribution in [0.25, 0.3) is 22.3 Å². The van der Waals surface area contributed by atoms with E-state index in [4.69, 9.17) is 9.29 Å². The number of aryl methyl sites for hydroxylation is 3. The zero-order chi connectivity index (χ0) is 18.4. The highest BCUT2D eigenvalue weighted by Gasteiger charge is 2.24. The third kappa shape index (κ3) is 3.27. The minimum Gasteiger partial charge on any atom is -0.497 e. The van der Waals surface area contributed by atoms with E-state index >= 15 is 0 Å². The summed E-state index contributed by atoms with van der Waals surface area (Å²) < 4.78 is 35.8. The summed E-state index contributed by atoms with van der Waals surface area (Å²) in [7, 11) is 0.181. The Labute approximate surface area is 146 Å². The molecule has 4 rings (SSSR count). The summed E-state index contributed by atoms with van der Waals surface area (Å²) in [5, 5.41) is 1.30. The fourth-order valence-corrected chi connectivity index (χ4v) is 3.37. The van der Waals surface area contributed by atoms with Crippen LogP contribution in [-0.4, -0.2) is 40.5 Å². The number of rotatable bonds is 1. The molecule has 0 aliphatic carbocycles. The molecule has 1 N–H and O–H groups in total. The van der Waals surface area contributed by atoms with Crippen LogP contribution in [0.2, 0.25) is 0 Å². The summed E-state index contributed by atoms with van der Waals surface area (Å²) in [6, 6.07) is 6.31. The zero-order valence-corrected chi connectivity index (χ0v) is 15.5. The average molecular weight is 363 g/mol. The quantitative estimate of drug-likeness (QED) is 0.671. The highest BCUT2D eigenvalue weighted by Crippen LogP contribution is 2.38. The Kier molecular flexibility index (Phi) is 4.34. The first kappa shape index (κ1) is 17.5. The van der Waals surface area contributed by atoms with E-state index in [2.05, 4.69) is 40.2 Å². The van der Waals surface area contributed by atoms with Crippen molar-refractivity contribution >= 4 is 21.0 Å². The van der Waals surface area contributed by atoms with Crippen molar-refractivity contribution in [2.75, 3.05) is 13.4 Å². The molecule has 1 aliphatic heterocycles. The van der Waals surface area contributed by atoms with Crippen LogP contribution in [0, 0.1) is 6.92 Å². The predicted molar refractivity (Wildman–Crippen MR) is 96.6 cm³/mol. The standard InChI is InChI=1S/C16H17N3O.CH4O3S/c1-10-17-9-15-16-12(6-7-19(10)15)13-8-11(20-3)4-5-14(13)18(16)2;1-5(2,3)4/h4-5,8-9H,6-7H2,1-3H3;1H3,(H,2,3,4). The van der Waals surface area contributed by atoms with Crippen LogP contribution in [0.3, 0.4) is 0 Å². The Morgan fingerprint density at radius 3 is 2.64 bits per heavy atom. The van der Waals surface area contributed by atoms with Gasteiger partial charge >= 0.3 is 0 Å². The number of aromatic nitrogens is 3. The van der Waals surface area contributed by atoms with Crippen molar-refractivity contribution < 1.29 is 17.7 Å². The van der Waals surface area contributed by atoms with Crippen molar-refractivity contribution in [1.82, 2.24) is 14.1 Å². The fraction of sp³-hybridized carbons (Fsp3) is 0.353. The van der Waals surface area contributed by atoms with Crippen LogP contribution < -0.4 is 4.74 Å². The number of methoxy groups -OCH3 is 1. The molecule has 1 aromatic carbocycles. The predicted octanol–water partition coefficient (Wildman–Crippen LogP) is 2.42. The highest BCUT2D eigenvalue weighted by molar-refractivity contribution is 7.85. The third-order valence-electron chi connectivity index (χ3n) is 4.39. The molecule has 0 bridgehead atoms. The lowest BCUT2D eigenvalue weighted by molar-refractivity contribution is 0.415. The second-order valence-corrected chi connectivity index (χ2v) is 7.56. The minimum absolute atomic E-state index is 0.715. The lowest BCUT2D eigenvalue weighted by atomic mass is 10.0. The van der Waals surface area contributed by atoms with Gasteiger partial charge in [0.15, 0.2) is 0 Å². The molecule has 3 heterocycles. The highest BCUT2D eigenvalue weighted by atomic mass is 32.2. The van der Waals surface area contributed by atoms with Crippen LogP contribution in [0.1, 0.15) is 11.4 Å². The van der Waals surface area contributed by atoms with Crippen molar-refractivity contribution in [2.45, 2.75) is 19.9 Å². The van der Waals surface area contributed by atoms with E-state index in [1.54, 1.807) is 7.11 Å². The molecule has 25 heavy (non-hydrogen) atoms. The van der Waals surface area contributed by atoms with Crippen LogP contribution in [0.4, 0.5) is 0 Å². The van der Waals surface area contributed by atoms with Crippen molar-refractivity contribution in [3.63, 3.8) is 0 Å². The number of fused-ring (bicyclic) bond motifs is 5. The van der Waals surface area contributed by atoms with Gasteiger partial charge in [-0.15, -0.1) is 0 Å². The Balaban J connectivity index is 0.000000324. The van der Waals surface area contributed by atoms with Crippen molar-refractivity contribution in [3.05, 3.63) is 35.8 Å². The smallest absolute Gasteiger partial charge is 0.261 e. The van der Waals surface area contributed by atoms with Gasteiger partial charge in [0.25, 0.3) is 10.1 Å². The van der Waals surface area contributed by atoms with Gasteiger partial charge in [0, 0.05) is 24.5 Å². The van der Waals surface area contributed by atoms with Gasteiger partial charge in [-0.3, -0.25) is 4.55 Å². The molecule has 0 atom stereocenters. The first-order chi connectivity index (χ1) is 11.7. The van der Waals surface area contributed by atoms with E-state index in [-0.39, 0.29) is 0 Å². The maximum atomic E-state index is 9.19. The molecule has 0 fully saturated rings. The molecule has 134 valence electrons. The lowest BCUT2D eigenvalue weighted by Gasteiger charge is -2.18. The molecule has 2 aromatic heterocycles. The maximum Gasteiger partial charge on any atom is 0.261 e. The normalized spacial score (nSPS) is 13.0. The topological polar surface area (TPSA) is 86.4 Å². The first-order valence-electron chi connectivity index (χ1n) is 7.81. The molecule has 0 radical (unpaired) electrons. The van der Waals surface area contributed by atoms with Gasteiger partial charge in [-0.2, -0.15) is 8.42 Å². The fourth-order valence-electron chi connectivity index (χ4n) is 3.37. The second kappa shape index (κ2) is 6.20. The third-order valence-corrected chi connectivity index (χ3v) is 4.39. The van der Waals surface area contributed by atoms with Gasteiger partial charge in [0.1, 0.15) is 11.6 Å². The number of nitrogens with zero attached hydrogens (tertiary/aromatic N) is 3. The summed E-state index contributed by atoms with van der Waals surface area (Å²) in [5.74, 6) is 2.01. The van der Waals surface area contributed by atoms with Gasteiger partial charge in [-0.1, -0.05) is 0 Å². The molecule has 8 heteroatoms. The summed E-state index contributed by atoms with van der Waals surface area (Å²) >= 11 is 0. The molecular formula is C17H21N3O4S.